The predicted octanol–water partition coefficient (Wildman–Crippen LogP) is 4.19. The lowest BCUT2D eigenvalue weighted by molar-refractivity contribution is 0.436. The Kier molecular flexibility index (Phi) is 4.19. The lowest BCUT2D eigenvalue weighted by Crippen LogP contribution is -2.21. The molecule has 2 aromatic rings. The van der Waals surface area contributed by atoms with E-state index in [2.05, 4.69) is 21.2 Å². The van der Waals surface area contributed by atoms with E-state index < -0.39 is 0 Å². The maximum Gasteiger partial charge on any atom is 0.169 e. The van der Waals surface area contributed by atoms with Crippen molar-refractivity contribution in [3.63, 3.8) is 0 Å². The van der Waals surface area contributed by atoms with Crippen molar-refractivity contribution in [2.75, 3.05) is 6.54 Å². The Morgan fingerprint density at radius 3 is 2.67 bits per heavy atom. The smallest absolute Gasteiger partial charge is 0.169 e. The van der Waals surface area contributed by atoms with Gasteiger partial charge in [0.25, 0.3) is 0 Å². The molecule has 2 rings (SSSR count). The molecule has 1 unspecified atom stereocenters. The molecular formula is C14H15BrFNO. The number of hydrogen-bond acceptors (Lipinski definition) is 2. The summed E-state index contributed by atoms with van der Waals surface area (Å²) in [5, 5.41) is 3.29. The van der Waals surface area contributed by atoms with Crippen molar-refractivity contribution in [1.82, 2.24) is 5.32 Å². The van der Waals surface area contributed by atoms with Crippen molar-refractivity contribution in [2.24, 2.45) is 0 Å². The molecule has 0 saturated heterocycles. The van der Waals surface area contributed by atoms with Crippen LogP contribution in [0.5, 0.6) is 0 Å². The van der Waals surface area contributed by atoms with Gasteiger partial charge >= 0.3 is 0 Å². The third-order valence-corrected chi connectivity index (χ3v) is 3.24. The van der Waals surface area contributed by atoms with Crippen LogP contribution < -0.4 is 5.32 Å². The number of benzene rings is 1. The van der Waals surface area contributed by atoms with Gasteiger partial charge in [-0.3, -0.25) is 0 Å². The predicted molar refractivity (Wildman–Crippen MR) is 73.1 cm³/mol. The molecule has 0 saturated carbocycles. The van der Waals surface area contributed by atoms with Gasteiger partial charge in [-0.1, -0.05) is 19.1 Å². The molecule has 1 atom stereocenters. The third-order valence-electron chi connectivity index (χ3n) is 2.82. The monoisotopic (exact) mass is 311 g/mol. The van der Waals surface area contributed by atoms with Crippen LogP contribution in [-0.4, -0.2) is 6.54 Å². The van der Waals surface area contributed by atoms with E-state index in [-0.39, 0.29) is 11.9 Å². The lowest BCUT2D eigenvalue weighted by atomic mass is 10.0. The Hall–Kier alpha value is -1.13. The van der Waals surface area contributed by atoms with Gasteiger partial charge in [-0.25, -0.2) is 4.39 Å². The van der Waals surface area contributed by atoms with Gasteiger partial charge in [0, 0.05) is 0 Å². The molecular weight excluding hydrogens is 297 g/mol. The second kappa shape index (κ2) is 5.67. The summed E-state index contributed by atoms with van der Waals surface area (Å²) in [7, 11) is 0. The fraction of sp³-hybridized carbons (Fsp3) is 0.286. The molecule has 0 spiro atoms. The van der Waals surface area contributed by atoms with Crippen LogP contribution in [0, 0.1) is 12.7 Å². The highest BCUT2D eigenvalue weighted by Gasteiger charge is 2.17. The van der Waals surface area contributed by atoms with Gasteiger partial charge in [-0.2, -0.15) is 0 Å². The number of rotatable bonds is 4. The summed E-state index contributed by atoms with van der Waals surface area (Å²) < 4.78 is 19.9. The second-order valence-corrected chi connectivity index (χ2v) is 4.92. The molecule has 1 heterocycles. The van der Waals surface area contributed by atoms with Crippen LogP contribution in [0.2, 0.25) is 0 Å². The minimum Gasteiger partial charge on any atom is -0.452 e. The zero-order chi connectivity index (χ0) is 13.1. The number of furan rings is 1. The van der Waals surface area contributed by atoms with E-state index in [9.17, 15) is 4.39 Å². The minimum atomic E-state index is -0.193. The Morgan fingerprint density at radius 2 is 2.11 bits per heavy atom. The zero-order valence-corrected chi connectivity index (χ0v) is 11.9. The van der Waals surface area contributed by atoms with Crippen LogP contribution in [0.3, 0.4) is 0 Å². The summed E-state index contributed by atoms with van der Waals surface area (Å²) in [4.78, 5) is 0. The van der Waals surface area contributed by atoms with Crippen LogP contribution in [0.15, 0.2) is 39.4 Å². The Morgan fingerprint density at radius 1 is 1.33 bits per heavy atom. The molecule has 0 radical (unpaired) electrons. The summed E-state index contributed by atoms with van der Waals surface area (Å²) >= 11 is 3.28. The normalized spacial score (nSPS) is 12.7. The highest BCUT2D eigenvalue weighted by atomic mass is 79.9. The molecule has 0 aliphatic rings. The van der Waals surface area contributed by atoms with Crippen LogP contribution in [-0.2, 0) is 0 Å². The SMILES string of the molecule is CCNC(c1ccc(C)c(F)c1)c1ccc(Br)o1. The van der Waals surface area contributed by atoms with Crippen molar-refractivity contribution in [1.29, 1.82) is 0 Å². The van der Waals surface area contributed by atoms with E-state index in [1.54, 1.807) is 19.1 Å². The largest absolute Gasteiger partial charge is 0.452 e. The minimum absolute atomic E-state index is 0.128. The topological polar surface area (TPSA) is 25.2 Å². The van der Waals surface area contributed by atoms with E-state index >= 15 is 0 Å². The average molecular weight is 312 g/mol. The number of hydrogen-bond donors (Lipinski definition) is 1. The first-order chi connectivity index (χ1) is 8.61. The quantitative estimate of drug-likeness (QED) is 0.916. The van der Waals surface area contributed by atoms with E-state index in [0.717, 1.165) is 17.9 Å². The van der Waals surface area contributed by atoms with Gasteiger partial charge in [-0.15, -0.1) is 0 Å². The molecule has 0 bridgehead atoms. The van der Waals surface area contributed by atoms with Crippen molar-refractivity contribution in [3.8, 4) is 0 Å². The van der Waals surface area contributed by atoms with Crippen LogP contribution >= 0.6 is 15.9 Å². The lowest BCUT2D eigenvalue weighted by Gasteiger charge is -2.16. The molecule has 4 heteroatoms. The molecule has 18 heavy (non-hydrogen) atoms. The van der Waals surface area contributed by atoms with E-state index in [1.807, 2.05) is 25.1 Å². The number of halogens is 2. The maximum atomic E-state index is 13.6. The molecule has 96 valence electrons. The summed E-state index contributed by atoms with van der Waals surface area (Å²) in [6.45, 7) is 4.54. The maximum absolute atomic E-state index is 13.6. The second-order valence-electron chi connectivity index (χ2n) is 4.14. The van der Waals surface area contributed by atoms with E-state index in [4.69, 9.17) is 4.42 Å². The Labute approximate surface area is 114 Å². The molecule has 1 aromatic carbocycles. The van der Waals surface area contributed by atoms with Gasteiger partial charge in [-0.05, 0) is 58.7 Å². The van der Waals surface area contributed by atoms with E-state index in [0.29, 0.717) is 10.2 Å². The fourth-order valence-electron chi connectivity index (χ4n) is 1.86. The van der Waals surface area contributed by atoms with Gasteiger partial charge in [0.1, 0.15) is 11.6 Å². The Bertz CT molecular complexity index is 538. The summed E-state index contributed by atoms with van der Waals surface area (Å²) in [5.74, 6) is 0.577. The molecule has 0 fully saturated rings. The van der Waals surface area contributed by atoms with Gasteiger partial charge in [0.15, 0.2) is 4.67 Å². The standard InChI is InChI=1S/C14H15BrFNO/c1-3-17-14(12-6-7-13(15)18-12)10-5-4-9(2)11(16)8-10/h4-8,14,17H,3H2,1-2H3. The average Bonchev–Trinajstić information content (AvgIpc) is 2.76. The molecule has 0 aliphatic carbocycles. The zero-order valence-electron chi connectivity index (χ0n) is 10.3. The van der Waals surface area contributed by atoms with Crippen LogP contribution in [0.1, 0.15) is 29.9 Å². The fourth-order valence-corrected chi connectivity index (χ4v) is 2.18. The molecule has 0 amide bonds. The Balaban J connectivity index is 2.37. The summed E-state index contributed by atoms with van der Waals surface area (Å²) in [6.07, 6.45) is 0. The molecule has 0 aliphatic heterocycles. The highest BCUT2D eigenvalue weighted by Crippen LogP contribution is 2.27. The summed E-state index contributed by atoms with van der Waals surface area (Å²) in [6, 6.07) is 8.85. The van der Waals surface area contributed by atoms with Crippen molar-refractivity contribution in [2.45, 2.75) is 19.9 Å². The van der Waals surface area contributed by atoms with Crippen molar-refractivity contribution >= 4 is 15.9 Å². The van der Waals surface area contributed by atoms with Gasteiger partial charge in [0.2, 0.25) is 0 Å². The first kappa shape index (κ1) is 13.3. The third kappa shape index (κ3) is 2.82. The van der Waals surface area contributed by atoms with Gasteiger partial charge < -0.3 is 9.73 Å². The van der Waals surface area contributed by atoms with Crippen LogP contribution in [0.4, 0.5) is 4.39 Å². The molecule has 1 N–H and O–H groups in total. The number of nitrogens with one attached hydrogen (secondary N) is 1. The first-order valence-corrected chi connectivity index (χ1v) is 6.65. The highest BCUT2D eigenvalue weighted by molar-refractivity contribution is 9.10. The summed E-state index contributed by atoms with van der Waals surface area (Å²) in [5.41, 5.74) is 1.51. The first-order valence-electron chi connectivity index (χ1n) is 5.86. The van der Waals surface area contributed by atoms with Crippen molar-refractivity contribution < 1.29 is 8.81 Å². The number of aryl methyl sites for hydroxylation is 1. The van der Waals surface area contributed by atoms with Crippen LogP contribution in [0.25, 0.3) is 0 Å². The van der Waals surface area contributed by atoms with Crippen molar-refractivity contribution in [3.05, 3.63) is 57.7 Å². The van der Waals surface area contributed by atoms with Gasteiger partial charge in [0.05, 0.1) is 6.04 Å². The molecule has 1 aromatic heterocycles. The molecule has 2 nitrogen and oxygen atoms in total. The van der Waals surface area contributed by atoms with E-state index in [1.165, 1.54) is 0 Å².